The Morgan fingerprint density at radius 2 is 1.88 bits per heavy atom. The highest BCUT2D eigenvalue weighted by molar-refractivity contribution is 5.92. The molecule has 0 aromatic heterocycles. The number of carboxylic acid groups (broad SMARTS) is 1. The maximum atomic E-state index is 11.3. The Hall–Kier alpha value is -2.24. The maximum absolute atomic E-state index is 11.3. The molecular weight excluding hydrogens is 210 g/mol. The molecular formula is C10H13N3O3. The van der Waals surface area contributed by atoms with Gasteiger partial charge in [-0.05, 0) is 31.2 Å². The zero-order valence-electron chi connectivity index (χ0n) is 8.73. The van der Waals surface area contributed by atoms with Crippen LogP contribution in [0.5, 0.6) is 0 Å². The zero-order valence-corrected chi connectivity index (χ0v) is 8.73. The van der Waals surface area contributed by atoms with Crippen molar-refractivity contribution in [2.45, 2.75) is 13.0 Å². The van der Waals surface area contributed by atoms with E-state index < -0.39 is 18.0 Å². The molecule has 1 aromatic carbocycles. The molecule has 0 heterocycles. The molecule has 1 aromatic rings. The molecule has 0 saturated carbocycles. The van der Waals surface area contributed by atoms with Crippen molar-refractivity contribution in [3.05, 3.63) is 24.3 Å². The summed E-state index contributed by atoms with van der Waals surface area (Å²) in [7, 11) is 0. The van der Waals surface area contributed by atoms with Crippen LogP contribution in [-0.4, -0.2) is 23.1 Å². The Morgan fingerprint density at radius 3 is 2.38 bits per heavy atom. The lowest BCUT2D eigenvalue weighted by Gasteiger charge is -2.10. The molecule has 1 atom stereocenters. The van der Waals surface area contributed by atoms with Gasteiger partial charge < -0.3 is 21.5 Å². The lowest BCUT2D eigenvalue weighted by Crippen LogP contribution is -2.40. The number of rotatable bonds is 3. The molecule has 0 bridgehead atoms. The summed E-state index contributed by atoms with van der Waals surface area (Å²) < 4.78 is 0. The van der Waals surface area contributed by atoms with Crippen LogP contribution < -0.4 is 16.4 Å². The van der Waals surface area contributed by atoms with Crippen LogP contribution in [0.3, 0.4) is 0 Å². The van der Waals surface area contributed by atoms with E-state index in [2.05, 4.69) is 10.6 Å². The van der Waals surface area contributed by atoms with E-state index >= 15 is 0 Å². The van der Waals surface area contributed by atoms with E-state index in [1.54, 1.807) is 24.3 Å². The van der Waals surface area contributed by atoms with Gasteiger partial charge in [0.25, 0.3) is 0 Å². The number of anilines is 2. The summed E-state index contributed by atoms with van der Waals surface area (Å²) in [6.45, 7) is 1.38. The summed E-state index contributed by atoms with van der Waals surface area (Å²) >= 11 is 0. The van der Waals surface area contributed by atoms with Crippen LogP contribution in [0, 0.1) is 0 Å². The number of nitrogens with two attached hydrogens (primary N) is 1. The van der Waals surface area contributed by atoms with Crippen molar-refractivity contribution in [2.75, 3.05) is 11.1 Å². The highest BCUT2D eigenvalue weighted by Gasteiger charge is 2.13. The first kappa shape index (κ1) is 11.8. The molecule has 2 amide bonds. The summed E-state index contributed by atoms with van der Waals surface area (Å²) in [5.41, 5.74) is 6.61. The molecule has 86 valence electrons. The van der Waals surface area contributed by atoms with Gasteiger partial charge in [0.1, 0.15) is 6.04 Å². The highest BCUT2D eigenvalue weighted by atomic mass is 16.4. The minimum absolute atomic E-state index is 0.546. The summed E-state index contributed by atoms with van der Waals surface area (Å²) in [5.74, 6) is -1.09. The number of aliphatic carboxylic acids is 1. The average molecular weight is 223 g/mol. The number of hydrogen-bond acceptors (Lipinski definition) is 3. The number of benzene rings is 1. The van der Waals surface area contributed by atoms with Crippen LogP contribution in [-0.2, 0) is 4.79 Å². The minimum Gasteiger partial charge on any atom is -0.480 e. The molecule has 1 rings (SSSR count). The molecule has 0 spiro atoms. The van der Waals surface area contributed by atoms with E-state index in [1.807, 2.05) is 0 Å². The van der Waals surface area contributed by atoms with Crippen molar-refractivity contribution in [3.8, 4) is 0 Å². The monoisotopic (exact) mass is 223 g/mol. The van der Waals surface area contributed by atoms with Crippen molar-refractivity contribution >= 4 is 23.4 Å². The highest BCUT2D eigenvalue weighted by Crippen LogP contribution is 2.09. The van der Waals surface area contributed by atoms with E-state index in [-0.39, 0.29) is 0 Å². The third-order valence-corrected chi connectivity index (χ3v) is 1.89. The average Bonchev–Trinajstić information content (AvgIpc) is 2.21. The van der Waals surface area contributed by atoms with Gasteiger partial charge in [0.2, 0.25) is 0 Å². The Bertz CT molecular complexity index is 389. The number of carboxylic acids is 1. The maximum Gasteiger partial charge on any atom is 0.325 e. The van der Waals surface area contributed by atoms with Gasteiger partial charge in [-0.15, -0.1) is 0 Å². The third kappa shape index (κ3) is 3.49. The van der Waals surface area contributed by atoms with Gasteiger partial charge in [-0.25, -0.2) is 4.79 Å². The molecule has 5 N–H and O–H groups in total. The molecule has 0 aliphatic rings. The van der Waals surface area contributed by atoms with Gasteiger partial charge in [-0.3, -0.25) is 4.79 Å². The predicted molar refractivity (Wildman–Crippen MR) is 60.1 cm³/mol. The summed E-state index contributed by atoms with van der Waals surface area (Å²) in [5, 5.41) is 13.3. The number of hydrogen-bond donors (Lipinski definition) is 4. The normalized spacial score (nSPS) is 11.6. The fourth-order valence-electron chi connectivity index (χ4n) is 0.992. The number of carbonyl (C=O) groups is 2. The van der Waals surface area contributed by atoms with Gasteiger partial charge in [0.05, 0.1) is 0 Å². The Balaban J connectivity index is 2.52. The molecule has 0 aliphatic carbocycles. The Labute approximate surface area is 92.4 Å². The van der Waals surface area contributed by atoms with Crippen LogP contribution in [0.25, 0.3) is 0 Å². The number of nitrogens with one attached hydrogen (secondary N) is 2. The van der Waals surface area contributed by atoms with E-state index in [9.17, 15) is 9.59 Å². The number of nitrogen functional groups attached to an aromatic ring is 1. The van der Waals surface area contributed by atoms with Crippen molar-refractivity contribution in [3.63, 3.8) is 0 Å². The van der Waals surface area contributed by atoms with Gasteiger partial charge in [-0.2, -0.15) is 0 Å². The topological polar surface area (TPSA) is 104 Å². The SMILES string of the molecule is CC(NC(=O)Nc1ccc(N)cc1)C(=O)O. The van der Waals surface area contributed by atoms with E-state index in [1.165, 1.54) is 6.92 Å². The number of amides is 2. The van der Waals surface area contributed by atoms with Crippen molar-refractivity contribution in [2.24, 2.45) is 0 Å². The fourth-order valence-corrected chi connectivity index (χ4v) is 0.992. The van der Waals surface area contributed by atoms with Crippen LogP contribution in [0.4, 0.5) is 16.2 Å². The minimum atomic E-state index is -1.09. The Morgan fingerprint density at radius 1 is 1.31 bits per heavy atom. The second-order valence-electron chi connectivity index (χ2n) is 3.28. The molecule has 0 saturated heterocycles. The van der Waals surface area contributed by atoms with Crippen molar-refractivity contribution in [1.29, 1.82) is 0 Å². The lowest BCUT2D eigenvalue weighted by molar-refractivity contribution is -0.138. The lowest BCUT2D eigenvalue weighted by atomic mass is 10.3. The largest absolute Gasteiger partial charge is 0.480 e. The predicted octanol–water partition coefficient (Wildman–Crippen LogP) is 0.863. The molecule has 6 nitrogen and oxygen atoms in total. The second-order valence-corrected chi connectivity index (χ2v) is 3.28. The molecule has 16 heavy (non-hydrogen) atoms. The molecule has 1 unspecified atom stereocenters. The molecule has 0 fully saturated rings. The van der Waals surface area contributed by atoms with Crippen molar-refractivity contribution < 1.29 is 14.7 Å². The van der Waals surface area contributed by atoms with Crippen LogP contribution in [0.2, 0.25) is 0 Å². The molecule has 6 heteroatoms. The summed E-state index contributed by atoms with van der Waals surface area (Å²) in [4.78, 5) is 21.8. The van der Waals surface area contributed by atoms with Crippen LogP contribution in [0.1, 0.15) is 6.92 Å². The quantitative estimate of drug-likeness (QED) is 0.570. The van der Waals surface area contributed by atoms with Crippen LogP contribution >= 0.6 is 0 Å². The third-order valence-electron chi connectivity index (χ3n) is 1.89. The standard InChI is InChI=1S/C10H13N3O3/c1-6(9(14)15)12-10(16)13-8-4-2-7(11)3-5-8/h2-6H,11H2,1H3,(H,14,15)(H2,12,13,16). The first-order chi connectivity index (χ1) is 7.49. The number of carbonyl (C=O) groups excluding carboxylic acids is 1. The van der Waals surface area contributed by atoms with Crippen molar-refractivity contribution in [1.82, 2.24) is 5.32 Å². The second kappa shape index (κ2) is 5.01. The van der Waals surface area contributed by atoms with E-state index in [0.29, 0.717) is 11.4 Å². The van der Waals surface area contributed by atoms with Gasteiger partial charge in [-0.1, -0.05) is 0 Å². The van der Waals surface area contributed by atoms with Gasteiger partial charge in [0, 0.05) is 11.4 Å². The van der Waals surface area contributed by atoms with E-state index in [4.69, 9.17) is 10.8 Å². The van der Waals surface area contributed by atoms with Gasteiger partial charge in [0.15, 0.2) is 0 Å². The van der Waals surface area contributed by atoms with Gasteiger partial charge >= 0.3 is 12.0 Å². The number of urea groups is 1. The Kier molecular flexibility index (Phi) is 3.71. The van der Waals surface area contributed by atoms with E-state index in [0.717, 1.165) is 0 Å². The smallest absolute Gasteiger partial charge is 0.325 e. The first-order valence-electron chi connectivity index (χ1n) is 4.65. The first-order valence-corrected chi connectivity index (χ1v) is 4.65. The molecule has 0 radical (unpaired) electrons. The molecule has 0 aliphatic heterocycles. The summed E-state index contributed by atoms with van der Waals surface area (Å²) in [6, 6.07) is 5.01. The van der Waals surface area contributed by atoms with Crippen LogP contribution in [0.15, 0.2) is 24.3 Å². The summed E-state index contributed by atoms with van der Waals surface area (Å²) in [6.07, 6.45) is 0. The zero-order chi connectivity index (χ0) is 12.1. The fraction of sp³-hybridized carbons (Fsp3) is 0.200.